The Labute approximate surface area is 162 Å². The van der Waals surface area contributed by atoms with Gasteiger partial charge in [-0.25, -0.2) is 4.79 Å². The number of hydrogen-bond donors (Lipinski definition) is 1. The maximum Gasteiger partial charge on any atom is 0.341 e. The second-order valence-electron chi connectivity index (χ2n) is 6.44. The number of carbonyl (C=O) groups excluding carboxylic acids is 2. The zero-order valence-corrected chi connectivity index (χ0v) is 17.2. The molecule has 1 aromatic rings. The Kier molecular flexibility index (Phi) is 9.86. The predicted molar refractivity (Wildman–Crippen MR) is 106 cm³/mol. The van der Waals surface area contributed by atoms with Crippen LogP contribution < -0.4 is 10.1 Å². The van der Waals surface area contributed by atoms with Crippen molar-refractivity contribution in [2.24, 2.45) is 0 Å². The van der Waals surface area contributed by atoms with E-state index in [2.05, 4.69) is 12.2 Å². The average molecular weight is 379 g/mol. The van der Waals surface area contributed by atoms with Crippen molar-refractivity contribution in [1.29, 1.82) is 0 Å². The highest BCUT2D eigenvalue weighted by molar-refractivity contribution is 5.99. The van der Waals surface area contributed by atoms with Crippen LogP contribution in [-0.2, 0) is 14.3 Å². The molecule has 1 rings (SSSR count). The lowest BCUT2D eigenvalue weighted by Gasteiger charge is -2.28. The van der Waals surface area contributed by atoms with Gasteiger partial charge in [0.05, 0.1) is 13.2 Å². The van der Waals surface area contributed by atoms with Crippen molar-refractivity contribution in [3.63, 3.8) is 0 Å². The van der Waals surface area contributed by atoms with Gasteiger partial charge in [0.1, 0.15) is 16.9 Å². The van der Waals surface area contributed by atoms with E-state index in [0.29, 0.717) is 36.6 Å². The van der Waals surface area contributed by atoms with Crippen LogP contribution in [0.2, 0.25) is 0 Å². The van der Waals surface area contributed by atoms with Gasteiger partial charge in [-0.1, -0.05) is 26.2 Å². The molecule has 1 amide bonds. The van der Waals surface area contributed by atoms with Crippen molar-refractivity contribution in [2.45, 2.75) is 65.9 Å². The molecule has 1 atom stereocenters. The van der Waals surface area contributed by atoms with E-state index in [1.54, 1.807) is 25.1 Å². The Balaban J connectivity index is 3.02. The molecule has 0 aliphatic carbocycles. The molecule has 0 saturated heterocycles. The maximum absolute atomic E-state index is 12.9. The summed E-state index contributed by atoms with van der Waals surface area (Å²) in [4.78, 5) is 25.1. The van der Waals surface area contributed by atoms with Crippen molar-refractivity contribution in [3.8, 4) is 5.75 Å². The lowest BCUT2D eigenvalue weighted by Crippen LogP contribution is -2.42. The molecule has 0 radical (unpaired) electrons. The van der Waals surface area contributed by atoms with Crippen molar-refractivity contribution in [3.05, 3.63) is 23.8 Å². The molecule has 1 aromatic carbocycles. The Hall–Kier alpha value is -2.08. The summed E-state index contributed by atoms with van der Waals surface area (Å²) in [5, 5.41) is 2.87. The molecule has 0 spiro atoms. The van der Waals surface area contributed by atoms with Gasteiger partial charge in [-0.2, -0.15) is 0 Å². The van der Waals surface area contributed by atoms with E-state index >= 15 is 0 Å². The average Bonchev–Trinajstić information content (AvgIpc) is 2.63. The highest BCUT2D eigenvalue weighted by Gasteiger charge is 2.33. The van der Waals surface area contributed by atoms with E-state index in [-0.39, 0.29) is 12.5 Å². The van der Waals surface area contributed by atoms with Crippen molar-refractivity contribution in [2.75, 3.05) is 25.1 Å². The van der Waals surface area contributed by atoms with Gasteiger partial charge >= 0.3 is 5.97 Å². The minimum absolute atomic E-state index is 0.223. The Bertz CT molecular complexity index is 617. The standard InChI is InChI=1S/C21H33NO5/c1-6-10-11-14-21(5,27-9-4)20(24)22-16-12-13-18(25-7-2)17(15-16)19(23)26-8-3/h12-13,15H,6-11,14H2,1-5H3,(H,22,24)/t21-/m1/s1. The van der Waals surface area contributed by atoms with Gasteiger partial charge in [0.25, 0.3) is 5.91 Å². The normalized spacial score (nSPS) is 12.9. The second-order valence-corrected chi connectivity index (χ2v) is 6.44. The van der Waals surface area contributed by atoms with Crippen LogP contribution in [0, 0.1) is 0 Å². The van der Waals surface area contributed by atoms with Gasteiger partial charge in [0.2, 0.25) is 0 Å². The summed E-state index contributed by atoms with van der Waals surface area (Å²) in [7, 11) is 0. The van der Waals surface area contributed by atoms with Crippen LogP contribution in [0.5, 0.6) is 5.75 Å². The summed E-state index contributed by atoms with van der Waals surface area (Å²) in [6.45, 7) is 10.5. The molecule has 6 nitrogen and oxygen atoms in total. The zero-order valence-electron chi connectivity index (χ0n) is 17.2. The molecule has 27 heavy (non-hydrogen) atoms. The first-order valence-corrected chi connectivity index (χ1v) is 9.81. The minimum atomic E-state index is -0.910. The molecule has 152 valence electrons. The summed E-state index contributed by atoms with van der Waals surface area (Å²) < 4.78 is 16.3. The summed E-state index contributed by atoms with van der Waals surface area (Å²) in [6, 6.07) is 4.96. The minimum Gasteiger partial charge on any atom is -0.493 e. The molecular formula is C21H33NO5. The van der Waals surface area contributed by atoms with E-state index < -0.39 is 11.6 Å². The fraction of sp³-hybridized carbons (Fsp3) is 0.619. The third-order valence-corrected chi connectivity index (χ3v) is 4.23. The van der Waals surface area contributed by atoms with Crippen molar-refractivity contribution in [1.82, 2.24) is 0 Å². The van der Waals surface area contributed by atoms with Gasteiger partial charge in [0, 0.05) is 12.3 Å². The predicted octanol–water partition coefficient (Wildman–Crippen LogP) is 4.58. The molecule has 0 saturated carbocycles. The van der Waals surface area contributed by atoms with Gasteiger partial charge < -0.3 is 19.5 Å². The maximum atomic E-state index is 12.9. The molecule has 0 aromatic heterocycles. The van der Waals surface area contributed by atoms with E-state index in [9.17, 15) is 9.59 Å². The van der Waals surface area contributed by atoms with E-state index in [0.717, 1.165) is 19.3 Å². The van der Waals surface area contributed by atoms with Crippen molar-refractivity contribution < 1.29 is 23.8 Å². The smallest absolute Gasteiger partial charge is 0.341 e. The van der Waals surface area contributed by atoms with Gasteiger partial charge in [-0.05, 0) is 52.3 Å². The molecule has 6 heteroatoms. The van der Waals surface area contributed by atoms with Crippen LogP contribution in [0.1, 0.15) is 70.7 Å². The van der Waals surface area contributed by atoms with Crippen LogP contribution in [0.3, 0.4) is 0 Å². The van der Waals surface area contributed by atoms with Crippen LogP contribution in [-0.4, -0.2) is 37.3 Å². The number of ether oxygens (including phenoxy) is 3. The second kappa shape index (κ2) is 11.6. The SMILES string of the molecule is CCCCC[C@@](C)(OCC)C(=O)Nc1ccc(OCC)c(C(=O)OCC)c1. The van der Waals surface area contributed by atoms with E-state index in [1.807, 2.05) is 20.8 Å². The van der Waals surface area contributed by atoms with Crippen LogP contribution >= 0.6 is 0 Å². The fourth-order valence-electron chi connectivity index (χ4n) is 2.80. The van der Waals surface area contributed by atoms with Crippen molar-refractivity contribution >= 4 is 17.6 Å². The number of anilines is 1. The topological polar surface area (TPSA) is 73.9 Å². The molecule has 0 unspecified atom stereocenters. The number of amides is 1. The summed E-state index contributed by atoms with van der Waals surface area (Å²) in [5.74, 6) is -0.267. The number of benzene rings is 1. The molecular weight excluding hydrogens is 346 g/mol. The molecule has 0 aliphatic rings. The van der Waals surface area contributed by atoms with Crippen LogP contribution in [0.25, 0.3) is 0 Å². The van der Waals surface area contributed by atoms with Crippen LogP contribution in [0.4, 0.5) is 5.69 Å². The summed E-state index contributed by atoms with van der Waals surface area (Å²) >= 11 is 0. The molecule has 0 fully saturated rings. The summed E-state index contributed by atoms with van der Waals surface area (Å²) in [6.07, 6.45) is 3.68. The van der Waals surface area contributed by atoms with E-state index in [4.69, 9.17) is 14.2 Å². The third-order valence-electron chi connectivity index (χ3n) is 4.23. The monoisotopic (exact) mass is 379 g/mol. The zero-order chi connectivity index (χ0) is 20.3. The fourth-order valence-corrected chi connectivity index (χ4v) is 2.80. The number of hydrogen-bond acceptors (Lipinski definition) is 5. The number of carbonyl (C=O) groups is 2. The van der Waals surface area contributed by atoms with Crippen LogP contribution in [0.15, 0.2) is 18.2 Å². The van der Waals surface area contributed by atoms with Gasteiger partial charge in [-0.15, -0.1) is 0 Å². The Morgan fingerprint density at radius 3 is 2.37 bits per heavy atom. The quantitative estimate of drug-likeness (QED) is 0.425. The highest BCUT2D eigenvalue weighted by atomic mass is 16.5. The third kappa shape index (κ3) is 6.86. The van der Waals surface area contributed by atoms with Gasteiger partial charge in [-0.3, -0.25) is 4.79 Å². The Morgan fingerprint density at radius 1 is 1.04 bits per heavy atom. The number of esters is 1. The highest BCUT2D eigenvalue weighted by Crippen LogP contribution is 2.26. The first kappa shape index (κ1) is 23.0. The molecule has 1 N–H and O–H groups in total. The van der Waals surface area contributed by atoms with Gasteiger partial charge in [0.15, 0.2) is 0 Å². The van der Waals surface area contributed by atoms with E-state index in [1.165, 1.54) is 0 Å². The lowest BCUT2D eigenvalue weighted by molar-refractivity contribution is -0.139. The number of rotatable bonds is 12. The number of unbranched alkanes of at least 4 members (excludes halogenated alkanes) is 2. The molecule has 0 aliphatic heterocycles. The molecule has 0 heterocycles. The lowest BCUT2D eigenvalue weighted by atomic mass is 9.96. The summed E-state index contributed by atoms with van der Waals surface area (Å²) in [5.41, 5.74) is -0.111. The first-order valence-electron chi connectivity index (χ1n) is 9.81. The largest absolute Gasteiger partial charge is 0.493 e. The molecule has 0 bridgehead atoms. The Morgan fingerprint density at radius 2 is 1.78 bits per heavy atom. The number of nitrogens with one attached hydrogen (secondary N) is 1. The first-order chi connectivity index (χ1) is 12.9.